The molecule has 0 aliphatic carbocycles. The molecule has 0 saturated heterocycles. The van der Waals surface area contributed by atoms with Gasteiger partial charge < -0.3 is 4.42 Å². The highest BCUT2D eigenvalue weighted by atomic mass is 79.9. The summed E-state index contributed by atoms with van der Waals surface area (Å²) in [5, 5.41) is 0.777. The topological polar surface area (TPSA) is 30.2 Å². The fraction of sp³-hybridized carbons (Fsp3) is 0.0667. The Kier molecular flexibility index (Phi) is 3.48. The average molecular weight is 353 g/mol. The van der Waals surface area contributed by atoms with Crippen LogP contribution in [0.25, 0.3) is 22.3 Å². The molecular weight excluding hydrogens is 343 g/mol. The summed E-state index contributed by atoms with van der Waals surface area (Å²) in [6.07, 6.45) is 1.59. The molecule has 0 aliphatic heterocycles. The summed E-state index contributed by atoms with van der Waals surface area (Å²) in [4.78, 5) is 0.590. The zero-order valence-corrected chi connectivity index (χ0v) is 12.9. The van der Waals surface area contributed by atoms with Gasteiger partial charge in [-0.25, -0.2) is 4.39 Å². The first kappa shape index (κ1) is 13.5. The van der Waals surface area contributed by atoms with Gasteiger partial charge in [0.2, 0.25) is 0 Å². The lowest BCUT2D eigenvalue weighted by Crippen LogP contribution is -1.89. The van der Waals surface area contributed by atoms with Crippen molar-refractivity contribution in [2.45, 2.75) is 4.90 Å². The van der Waals surface area contributed by atoms with Crippen molar-refractivity contribution >= 4 is 37.7 Å². The average Bonchev–Trinajstić information content (AvgIpc) is 2.77. The van der Waals surface area contributed by atoms with Crippen molar-refractivity contribution in [3.05, 3.63) is 52.8 Å². The zero-order chi connectivity index (χ0) is 14.3. The number of halogens is 2. The molecule has 0 fully saturated rings. The van der Waals surface area contributed by atoms with Crippen LogP contribution in [0.1, 0.15) is 0 Å². The van der Waals surface area contributed by atoms with Crippen LogP contribution >= 0.6 is 15.9 Å². The van der Waals surface area contributed by atoms with E-state index in [1.165, 1.54) is 12.1 Å². The highest BCUT2D eigenvalue weighted by Crippen LogP contribution is 2.37. The number of hydrogen-bond acceptors (Lipinski definition) is 2. The Bertz CT molecular complexity index is 826. The zero-order valence-electron chi connectivity index (χ0n) is 10.5. The highest BCUT2D eigenvalue weighted by molar-refractivity contribution is 9.10. The molecule has 3 aromatic rings. The van der Waals surface area contributed by atoms with Crippen LogP contribution in [0.4, 0.5) is 4.39 Å². The van der Waals surface area contributed by atoms with E-state index in [0.717, 1.165) is 9.86 Å². The van der Waals surface area contributed by atoms with Crippen LogP contribution in [0.15, 0.2) is 56.2 Å². The molecule has 20 heavy (non-hydrogen) atoms. The number of hydrogen-bond donors (Lipinski definition) is 0. The Balaban J connectivity index is 2.35. The maximum Gasteiger partial charge on any atom is 0.151 e. The first-order valence-corrected chi connectivity index (χ1v) is 8.23. The molecule has 1 aromatic heterocycles. The van der Waals surface area contributed by atoms with Gasteiger partial charge in [-0.15, -0.1) is 0 Å². The van der Waals surface area contributed by atoms with Crippen molar-refractivity contribution in [3.63, 3.8) is 0 Å². The summed E-state index contributed by atoms with van der Waals surface area (Å²) in [5.41, 5.74) is 1.22. The van der Waals surface area contributed by atoms with Crippen LogP contribution in [0, 0.1) is 5.82 Å². The SMILES string of the molecule is C[S@](=O)c1c(-c2cccc(F)c2)oc2ccc(Br)cc12. The van der Waals surface area contributed by atoms with Gasteiger partial charge in [0, 0.05) is 21.7 Å². The van der Waals surface area contributed by atoms with E-state index in [1.54, 1.807) is 24.5 Å². The van der Waals surface area contributed by atoms with E-state index >= 15 is 0 Å². The second-order valence-corrected chi connectivity index (χ2v) is 6.60. The van der Waals surface area contributed by atoms with Gasteiger partial charge in [-0.2, -0.15) is 0 Å². The van der Waals surface area contributed by atoms with Crippen molar-refractivity contribution in [2.75, 3.05) is 6.26 Å². The minimum Gasteiger partial charge on any atom is -0.455 e. The summed E-state index contributed by atoms with van der Waals surface area (Å²) >= 11 is 3.39. The van der Waals surface area contributed by atoms with E-state index in [1.807, 2.05) is 12.1 Å². The molecule has 1 atom stereocenters. The predicted molar refractivity (Wildman–Crippen MR) is 81.6 cm³/mol. The highest BCUT2D eigenvalue weighted by Gasteiger charge is 2.19. The summed E-state index contributed by atoms with van der Waals surface area (Å²) < 4.78 is 32.1. The Labute approximate surface area is 126 Å². The molecule has 0 saturated carbocycles. The van der Waals surface area contributed by atoms with Gasteiger partial charge in [-0.3, -0.25) is 4.21 Å². The van der Waals surface area contributed by atoms with E-state index in [2.05, 4.69) is 15.9 Å². The maximum atomic E-state index is 13.4. The van der Waals surface area contributed by atoms with Crippen molar-refractivity contribution in [3.8, 4) is 11.3 Å². The van der Waals surface area contributed by atoms with Crippen LogP contribution in [0.2, 0.25) is 0 Å². The van der Waals surface area contributed by atoms with Crippen molar-refractivity contribution < 1.29 is 13.0 Å². The molecule has 5 heteroatoms. The standard InChI is InChI=1S/C15H10BrFO2S/c1-20(18)15-12-8-10(16)5-6-13(12)19-14(15)9-3-2-4-11(17)7-9/h2-8H,1H3/t20-/m0/s1. The van der Waals surface area contributed by atoms with Crippen LogP contribution < -0.4 is 0 Å². The molecule has 0 spiro atoms. The Morgan fingerprint density at radius 3 is 2.70 bits per heavy atom. The lowest BCUT2D eigenvalue weighted by atomic mass is 10.1. The third-order valence-corrected chi connectivity index (χ3v) is 4.45. The molecule has 0 N–H and O–H groups in total. The van der Waals surface area contributed by atoms with Crippen LogP contribution in [-0.4, -0.2) is 10.5 Å². The third kappa shape index (κ3) is 2.31. The van der Waals surface area contributed by atoms with Crippen molar-refractivity contribution in [1.29, 1.82) is 0 Å². The molecule has 1 heterocycles. The second kappa shape index (κ2) is 5.14. The van der Waals surface area contributed by atoms with Gasteiger partial charge in [0.1, 0.15) is 11.4 Å². The lowest BCUT2D eigenvalue weighted by Gasteiger charge is -2.00. The molecule has 0 bridgehead atoms. The third-order valence-electron chi connectivity index (χ3n) is 2.98. The number of rotatable bonds is 2. The summed E-state index contributed by atoms with van der Waals surface area (Å²) in [5.74, 6) is 0.107. The van der Waals surface area contributed by atoms with Gasteiger partial charge in [-0.1, -0.05) is 28.1 Å². The first-order valence-electron chi connectivity index (χ1n) is 5.87. The number of fused-ring (bicyclic) bond motifs is 1. The summed E-state index contributed by atoms with van der Waals surface area (Å²) in [6.45, 7) is 0. The molecule has 0 aliphatic rings. The second-order valence-electron chi connectivity index (χ2n) is 4.37. The molecule has 3 rings (SSSR count). The molecule has 0 radical (unpaired) electrons. The van der Waals surface area contributed by atoms with E-state index in [4.69, 9.17) is 4.42 Å². The van der Waals surface area contributed by atoms with Crippen molar-refractivity contribution in [2.24, 2.45) is 0 Å². The van der Waals surface area contributed by atoms with Gasteiger partial charge in [-0.05, 0) is 30.3 Å². The fourth-order valence-corrected chi connectivity index (χ4v) is 3.40. The molecule has 0 unspecified atom stereocenters. The summed E-state index contributed by atoms with van der Waals surface area (Å²) in [6, 6.07) is 11.6. The van der Waals surface area contributed by atoms with Gasteiger partial charge in [0.15, 0.2) is 5.76 Å². The normalized spacial score (nSPS) is 12.8. The minimum absolute atomic E-state index is 0.350. The Morgan fingerprint density at radius 2 is 2.00 bits per heavy atom. The van der Waals surface area contributed by atoms with Crippen LogP contribution in [-0.2, 0) is 10.8 Å². The molecule has 102 valence electrons. The van der Waals surface area contributed by atoms with E-state index in [-0.39, 0.29) is 5.82 Å². The van der Waals surface area contributed by atoms with Crippen LogP contribution in [0.3, 0.4) is 0 Å². The number of benzene rings is 2. The minimum atomic E-state index is -1.24. The monoisotopic (exact) mass is 352 g/mol. The van der Waals surface area contributed by atoms with E-state index in [0.29, 0.717) is 21.8 Å². The Morgan fingerprint density at radius 1 is 1.20 bits per heavy atom. The first-order chi connectivity index (χ1) is 9.56. The summed E-state index contributed by atoms with van der Waals surface area (Å²) in [7, 11) is -1.24. The van der Waals surface area contributed by atoms with Crippen molar-refractivity contribution in [1.82, 2.24) is 0 Å². The molecule has 2 aromatic carbocycles. The smallest absolute Gasteiger partial charge is 0.151 e. The predicted octanol–water partition coefficient (Wildman–Crippen LogP) is 4.74. The van der Waals surface area contributed by atoms with Gasteiger partial charge in [0.25, 0.3) is 0 Å². The van der Waals surface area contributed by atoms with Crippen LogP contribution in [0.5, 0.6) is 0 Å². The van der Waals surface area contributed by atoms with E-state index < -0.39 is 10.8 Å². The van der Waals surface area contributed by atoms with E-state index in [9.17, 15) is 8.60 Å². The molecular formula is C15H10BrFO2S. The fourth-order valence-electron chi connectivity index (χ4n) is 2.15. The number of furan rings is 1. The largest absolute Gasteiger partial charge is 0.455 e. The molecule has 0 amide bonds. The van der Waals surface area contributed by atoms with Gasteiger partial charge in [0.05, 0.1) is 15.7 Å². The lowest BCUT2D eigenvalue weighted by molar-refractivity contribution is 0.613. The molecule has 2 nitrogen and oxygen atoms in total. The maximum absolute atomic E-state index is 13.4. The Hall–Kier alpha value is -1.46. The van der Waals surface area contributed by atoms with Gasteiger partial charge >= 0.3 is 0 Å². The quantitative estimate of drug-likeness (QED) is 0.666.